The molecule has 2 N–H and O–H groups in total. The third kappa shape index (κ3) is 7.40. The maximum Gasteiger partial charge on any atom is 0.303 e. The maximum absolute atomic E-state index is 11.8. The molecule has 2 atom stereocenters. The molecule has 1 unspecified atom stereocenters. The van der Waals surface area contributed by atoms with Crippen LogP contribution in [0.1, 0.15) is 50.6 Å². The average Bonchev–Trinajstić information content (AvgIpc) is 2.71. The van der Waals surface area contributed by atoms with E-state index in [1.54, 1.807) is 25.3 Å². The number of carbonyl (C=O) groups excluding carboxylic acids is 3. The van der Waals surface area contributed by atoms with Gasteiger partial charge in [-0.05, 0) is 49.1 Å². The minimum Gasteiger partial charge on any atom is -0.489 e. The molecule has 0 saturated carbocycles. The SMILES string of the molecule is CCc1ccc([C@@H](COc2ccc(CC(C)(SC(C)=O)C(N)=O)cc2)OC(C)=O)nc1. The van der Waals surface area contributed by atoms with Crippen LogP contribution in [0.2, 0.25) is 0 Å². The largest absolute Gasteiger partial charge is 0.489 e. The van der Waals surface area contributed by atoms with Gasteiger partial charge in [0.15, 0.2) is 11.2 Å². The second kappa shape index (κ2) is 10.9. The van der Waals surface area contributed by atoms with Crippen LogP contribution in [-0.4, -0.2) is 33.3 Å². The van der Waals surface area contributed by atoms with Gasteiger partial charge in [-0.15, -0.1) is 0 Å². The third-order valence-electron chi connectivity index (χ3n) is 4.65. The number of esters is 1. The maximum atomic E-state index is 11.8. The fourth-order valence-corrected chi connectivity index (χ4v) is 3.95. The van der Waals surface area contributed by atoms with Gasteiger partial charge in [0.2, 0.25) is 5.91 Å². The molecule has 0 radical (unpaired) electrons. The number of benzene rings is 1. The highest BCUT2D eigenvalue weighted by atomic mass is 32.2. The van der Waals surface area contributed by atoms with Gasteiger partial charge in [0.25, 0.3) is 0 Å². The lowest BCUT2D eigenvalue weighted by Crippen LogP contribution is -2.40. The number of aryl methyl sites for hydroxylation is 1. The molecule has 0 saturated heterocycles. The number of aromatic nitrogens is 1. The summed E-state index contributed by atoms with van der Waals surface area (Å²) in [5.41, 5.74) is 8.05. The Bertz CT molecular complexity index is 915. The number of nitrogens with zero attached hydrogens (tertiary/aromatic N) is 1. The number of hydrogen-bond donors (Lipinski definition) is 1. The minimum absolute atomic E-state index is 0.108. The number of thioether (sulfide) groups is 1. The summed E-state index contributed by atoms with van der Waals surface area (Å²) in [5, 5.41) is -0.168. The first-order valence-electron chi connectivity index (χ1n) is 9.96. The summed E-state index contributed by atoms with van der Waals surface area (Å²) in [6.07, 6.45) is 2.31. The van der Waals surface area contributed by atoms with Gasteiger partial charge in [0, 0.05) is 20.0 Å². The molecule has 8 heteroatoms. The fourth-order valence-electron chi connectivity index (χ4n) is 2.97. The van der Waals surface area contributed by atoms with Crippen LogP contribution in [0.25, 0.3) is 0 Å². The van der Waals surface area contributed by atoms with Gasteiger partial charge in [0.1, 0.15) is 17.1 Å². The standard InChI is InChI=1S/C23H28N2O5S/c1-5-17-8-11-20(25-13-17)21(30-15(2)26)14-29-19-9-6-18(7-10-19)12-23(4,22(24)28)31-16(3)27/h6-11,13,21H,5,12,14H2,1-4H3,(H2,24,28)/t21-,23?/m1/s1. The number of amides is 1. The summed E-state index contributed by atoms with van der Waals surface area (Å²) < 4.78 is 10.2. The number of primary amides is 1. The zero-order valence-corrected chi connectivity index (χ0v) is 19.0. The topological polar surface area (TPSA) is 109 Å². The van der Waals surface area contributed by atoms with E-state index < -0.39 is 22.7 Å². The van der Waals surface area contributed by atoms with Crippen LogP contribution in [0.15, 0.2) is 42.6 Å². The van der Waals surface area contributed by atoms with Crippen molar-refractivity contribution in [2.75, 3.05) is 6.61 Å². The van der Waals surface area contributed by atoms with Crippen molar-refractivity contribution in [3.8, 4) is 5.75 Å². The number of pyridine rings is 1. The monoisotopic (exact) mass is 444 g/mol. The van der Waals surface area contributed by atoms with Crippen LogP contribution in [0.4, 0.5) is 0 Å². The first kappa shape index (κ1) is 24.4. The molecule has 1 aromatic heterocycles. The lowest BCUT2D eigenvalue weighted by molar-refractivity contribution is -0.148. The van der Waals surface area contributed by atoms with Gasteiger partial charge in [-0.3, -0.25) is 19.4 Å². The van der Waals surface area contributed by atoms with Crippen molar-refractivity contribution in [3.05, 3.63) is 59.4 Å². The molecular weight excluding hydrogens is 416 g/mol. The van der Waals surface area contributed by atoms with E-state index >= 15 is 0 Å². The van der Waals surface area contributed by atoms with Crippen molar-refractivity contribution in [3.63, 3.8) is 0 Å². The zero-order valence-electron chi connectivity index (χ0n) is 18.2. The fraction of sp³-hybridized carbons (Fsp3) is 0.391. The Kier molecular flexibility index (Phi) is 8.62. The van der Waals surface area contributed by atoms with Crippen LogP contribution in [0.5, 0.6) is 5.75 Å². The summed E-state index contributed by atoms with van der Waals surface area (Å²) in [7, 11) is 0. The summed E-state index contributed by atoms with van der Waals surface area (Å²) in [5.74, 6) is -0.385. The normalized spacial score (nSPS) is 13.7. The first-order valence-corrected chi connectivity index (χ1v) is 10.8. The summed E-state index contributed by atoms with van der Waals surface area (Å²) in [6.45, 7) is 6.56. The van der Waals surface area contributed by atoms with Gasteiger partial charge >= 0.3 is 5.97 Å². The molecule has 2 rings (SSSR count). The summed E-state index contributed by atoms with van der Waals surface area (Å²) in [4.78, 5) is 39.2. The van der Waals surface area contributed by atoms with E-state index in [2.05, 4.69) is 4.98 Å². The smallest absolute Gasteiger partial charge is 0.303 e. The van der Waals surface area contributed by atoms with E-state index in [9.17, 15) is 14.4 Å². The molecule has 1 amide bonds. The van der Waals surface area contributed by atoms with Gasteiger partial charge in [-0.2, -0.15) is 0 Å². The molecule has 166 valence electrons. The number of nitrogens with two attached hydrogens (primary N) is 1. The average molecular weight is 445 g/mol. The molecule has 1 aromatic carbocycles. The highest BCUT2D eigenvalue weighted by Gasteiger charge is 2.34. The Morgan fingerprint density at radius 1 is 1.10 bits per heavy atom. The summed E-state index contributed by atoms with van der Waals surface area (Å²) >= 11 is 0.929. The Hall–Kier alpha value is -2.87. The molecule has 0 fully saturated rings. The predicted molar refractivity (Wildman–Crippen MR) is 120 cm³/mol. The van der Waals surface area contributed by atoms with Crippen LogP contribution < -0.4 is 10.5 Å². The van der Waals surface area contributed by atoms with E-state index in [0.717, 1.165) is 29.3 Å². The van der Waals surface area contributed by atoms with E-state index in [1.807, 2.05) is 31.2 Å². The van der Waals surface area contributed by atoms with Crippen molar-refractivity contribution >= 4 is 28.8 Å². The second-order valence-corrected chi connectivity index (χ2v) is 9.04. The molecule has 0 spiro atoms. The van der Waals surface area contributed by atoms with Crippen molar-refractivity contribution in [2.45, 2.75) is 51.4 Å². The zero-order chi connectivity index (χ0) is 23.0. The lowest BCUT2D eigenvalue weighted by atomic mass is 9.99. The number of hydrogen-bond acceptors (Lipinski definition) is 7. The number of ether oxygens (including phenoxy) is 2. The highest BCUT2D eigenvalue weighted by Crippen LogP contribution is 2.30. The van der Waals surface area contributed by atoms with Gasteiger partial charge in [0.05, 0.1) is 5.69 Å². The van der Waals surface area contributed by atoms with Gasteiger partial charge in [-0.25, -0.2) is 0 Å². The lowest BCUT2D eigenvalue weighted by Gasteiger charge is -2.24. The van der Waals surface area contributed by atoms with Crippen molar-refractivity contribution in [1.82, 2.24) is 4.98 Å². The first-order chi connectivity index (χ1) is 14.6. The predicted octanol–water partition coefficient (Wildman–Crippen LogP) is 3.39. The Morgan fingerprint density at radius 3 is 2.23 bits per heavy atom. The van der Waals surface area contributed by atoms with E-state index in [0.29, 0.717) is 17.9 Å². The van der Waals surface area contributed by atoms with E-state index in [4.69, 9.17) is 15.2 Å². The van der Waals surface area contributed by atoms with Crippen LogP contribution in [0.3, 0.4) is 0 Å². The Labute approximate surface area is 186 Å². The van der Waals surface area contributed by atoms with Crippen molar-refractivity contribution < 1.29 is 23.9 Å². The quantitative estimate of drug-likeness (QED) is 0.560. The van der Waals surface area contributed by atoms with Crippen molar-refractivity contribution in [1.29, 1.82) is 0 Å². The van der Waals surface area contributed by atoms with Gasteiger partial charge < -0.3 is 15.2 Å². The number of carbonyl (C=O) groups is 3. The Morgan fingerprint density at radius 2 is 1.74 bits per heavy atom. The Balaban J connectivity index is 2.06. The summed E-state index contributed by atoms with van der Waals surface area (Å²) in [6, 6.07) is 10.9. The molecule has 0 aliphatic rings. The molecule has 1 heterocycles. The molecule has 7 nitrogen and oxygen atoms in total. The third-order valence-corrected chi connectivity index (χ3v) is 5.73. The molecule has 0 bridgehead atoms. The molecule has 0 aliphatic carbocycles. The van der Waals surface area contributed by atoms with Crippen LogP contribution >= 0.6 is 11.8 Å². The van der Waals surface area contributed by atoms with E-state index in [-0.39, 0.29) is 11.7 Å². The molecule has 0 aliphatic heterocycles. The van der Waals surface area contributed by atoms with Crippen LogP contribution in [-0.2, 0) is 32.0 Å². The van der Waals surface area contributed by atoms with Crippen LogP contribution in [0, 0.1) is 0 Å². The molecular formula is C23H28N2O5S. The molecule has 2 aromatic rings. The highest BCUT2D eigenvalue weighted by molar-refractivity contribution is 8.15. The van der Waals surface area contributed by atoms with Crippen molar-refractivity contribution in [2.24, 2.45) is 5.73 Å². The van der Waals surface area contributed by atoms with Gasteiger partial charge in [-0.1, -0.05) is 36.9 Å². The molecule has 31 heavy (non-hydrogen) atoms. The minimum atomic E-state index is -1.02. The van der Waals surface area contributed by atoms with E-state index in [1.165, 1.54) is 13.8 Å². The number of rotatable bonds is 10. The second-order valence-electron chi connectivity index (χ2n) is 7.36.